The average Bonchev–Trinajstić information content (AvgIpc) is 2.42. The van der Waals surface area contributed by atoms with Crippen LogP contribution >= 0.6 is 0 Å². The summed E-state index contributed by atoms with van der Waals surface area (Å²) in [7, 11) is 1.83. The highest BCUT2D eigenvalue weighted by molar-refractivity contribution is 5.44. The Morgan fingerprint density at radius 1 is 1.50 bits per heavy atom. The first-order chi connectivity index (χ1) is 6.52. The van der Waals surface area contributed by atoms with Gasteiger partial charge in [0.15, 0.2) is 5.82 Å². The highest BCUT2D eigenvalue weighted by atomic mass is 19.3. The van der Waals surface area contributed by atoms with Crippen LogP contribution < -0.4 is 4.90 Å². The van der Waals surface area contributed by atoms with Gasteiger partial charge in [-0.15, -0.1) is 0 Å². The largest absolute Gasteiger partial charge is 0.343 e. The maximum absolute atomic E-state index is 12.6. The van der Waals surface area contributed by atoms with Crippen LogP contribution in [0.25, 0.3) is 0 Å². The first-order valence-corrected chi connectivity index (χ1v) is 4.67. The van der Waals surface area contributed by atoms with E-state index in [1.54, 1.807) is 9.58 Å². The first-order valence-electron chi connectivity index (χ1n) is 4.67. The second-order valence-electron chi connectivity index (χ2n) is 3.68. The topological polar surface area (TPSA) is 21.1 Å². The van der Waals surface area contributed by atoms with Crippen molar-refractivity contribution < 1.29 is 8.78 Å². The third kappa shape index (κ3) is 1.47. The Morgan fingerprint density at radius 2 is 2.14 bits per heavy atom. The maximum atomic E-state index is 12.6. The van der Waals surface area contributed by atoms with Gasteiger partial charge in [-0.2, -0.15) is 5.10 Å². The predicted octanol–water partition coefficient (Wildman–Crippen LogP) is 1.44. The minimum absolute atomic E-state index is 0.201. The Hall–Kier alpha value is -1.13. The fraction of sp³-hybridized carbons (Fsp3) is 0.667. The summed E-state index contributed by atoms with van der Waals surface area (Å²) in [4.78, 5) is 1.60. The second kappa shape index (κ2) is 2.93. The van der Waals surface area contributed by atoms with Crippen LogP contribution in [0.3, 0.4) is 0 Å². The summed E-state index contributed by atoms with van der Waals surface area (Å²) >= 11 is 0. The Morgan fingerprint density at radius 3 is 2.57 bits per heavy atom. The van der Waals surface area contributed by atoms with E-state index in [0.29, 0.717) is 5.82 Å². The number of halogens is 2. The maximum Gasteiger partial charge on any atom is 0.282 e. The molecule has 1 aliphatic heterocycles. The normalized spacial score (nSPS) is 19.6. The Kier molecular flexibility index (Phi) is 1.97. The van der Waals surface area contributed by atoms with E-state index < -0.39 is 5.92 Å². The first kappa shape index (κ1) is 9.43. The van der Waals surface area contributed by atoms with Crippen molar-refractivity contribution in [3.05, 3.63) is 11.8 Å². The van der Waals surface area contributed by atoms with Crippen LogP contribution in [0.2, 0.25) is 0 Å². The molecule has 0 bridgehead atoms. The molecule has 1 saturated heterocycles. The molecule has 78 valence electrons. The van der Waals surface area contributed by atoms with E-state index >= 15 is 0 Å². The molecule has 3 nitrogen and oxygen atoms in total. The lowest BCUT2D eigenvalue weighted by molar-refractivity contribution is -0.0267. The zero-order valence-electron chi connectivity index (χ0n) is 8.30. The van der Waals surface area contributed by atoms with Crippen molar-refractivity contribution in [1.29, 1.82) is 0 Å². The lowest BCUT2D eigenvalue weighted by Crippen LogP contribution is -2.56. The van der Waals surface area contributed by atoms with Crippen LogP contribution in [-0.2, 0) is 13.5 Å². The minimum atomic E-state index is -2.52. The van der Waals surface area contributed by atoms with Crippen molar-refractivity contribution >= 4 is 5.82 Å². The van der Waals surface area contributed by atoms with Gasteiger partial charge in [-0.25, -0.2) is 8.78 Å². The Balaban J connectivity index is 2.11. The Bertz CT molecular complexity index is 338. The number of alkyl halides is 2. The quantitative estimate of drug-likeness (QED) is 0.722. The van der Waals surface area contributed by atoms with Crippen LogP contribution in [0.5, 0.6) is 0 Å². The van der Waals surface area contributed by atoms with Crippen LogP contribution in [0.15, 0.2) is 6.07 Å². The molecule has 14 heavy (non-hydrogen) atoms. The molecule has 0 N–H and O–H groups in total. The molecule has 2 rings (SSSR count). The molecular formula is C9H13F2N3. The van der Waals surface area contributed by atoms with E-state index in [2.05, 4.69) is 5.10 Å². The number of nitrogens with zero attached hydrogens (tertiary/aromatic N) is 3. The summed E-state index contributed by atoms with van der Waals surface area (Å²) in [5, 5.41) is 4.18. The monoisotopic (exact) mass is 201 g/mol. The van der Waals surface area contributed by atoms with E-state index in [9.17, 15) is 8.78 Å². The smallest absolute Gasteiger partial charge is 0.282 e. The van der Waals surface area contributed by atoms with Gasteiger partial charge in [-0.05, 0) is 6.42 Å². The summed E-state index contributed by atoms with van der Waals surface area (Å²) in [6.07, 6.45) is 0.869. The third-order valence-electron chi connectivity index (χ3n) is 2.49. The molecule has 5 heteroatoms. The third-order valence-corrected chi connectivity index (χ3v) is 2.49. The lowest BCUT2D eigenvalue weighted by Gasteiger charge is -2.38. The minimum Gasteiger partial charge on any atom is -0.343 e. The number of hydrogen-bond acceptors (Lipinski definition) is 2. The van der Waals surface area contributed by atoms with E-state index in [0.717, 1.165) is 12.1 Å². The van der Waals surface area contributed by atoms with Gasteiger partial charge >= 0.3 is 0 Å². The summed E-state index contributed by atoms with van der Waals surface area (Å²) in [5.74, 6) is -1.86. The van der Waals surface area contributed by atoms with Gasteiger partial charge in [0.2, 0.25) is 0 Å². The van der Waals surface area contributed by atoms with Crippen molar-refractivity contribution in [3.63, 3.8) is 0 Å². The van der Waals surface area contributed by atoms with Crippen LogP contribution in [-0.4, -0.2) is 28.8 Å². The number of aryl methyl sites for hydroxylation is 2. The summed E-state index contributed by atoms with van der Waals surface area (Å²) in [6, 6.07) is 1.87. The van der Waals surface area contributed by atoms with Crippen molar-refractivity contribution in [2.45, 2.75) is 19.3 Å². The lowest BCUT2D eigenvalue weighted by atomic mass is 10.1. The second-order valence-corrected chi connectivity index (χ2v) is 3.68. The van der Waals surface area contributed by atoms with Gasteiger partial charge in [0.25, 0.3) is 5.92 Å². The highest BCUT2D eigenvalue weighted by Gasteiger charge is 2.44. The molecule has 0 unspecified atom stereocenters. The zero-order chi connectivity index (χ0) is 10.3. The van der Waals surface area contributed by atoms with Crippen LogP contribution in [0.1, 0.15) is 12.6 Å². The average molecular weight is 201 g/mol. The molecule has 1 aromatic rings. The van der Waals surface area contributed by atoms with Crippen LogP contribution in [0.4, 0.5) is 14.6 Å². The molecular weight excluding hydrogens is 188 g/mol. The van der Waals surface area contributed by atoms with E-state index in [4.69, 9.17) is 0 Å². The molecule has 0 saturated carbocycles. The zero-order valence-corrected chi connectivity index (χ0v) is 8.30. The predicted molar refractivity (Wildman–Crippen MR) is 49.7 cm³/mol. The standard InChI is InChI=1S/C9H13F2N3/c1-3-7-4-8(12-13(7)2)14-5-9(10,11)6-14/h4H,3,5-6H2,1-2H3. The number of rotatable bonds is 2. The highest BCUT2D eigenvalue weighted by Crippen LogP contribution is 2.31. The van der Waals surface area contributed by atoms with Gasteiger partial charge in [0, 0.05) is 18.8 Å². The van der Waals surface area contributed by atoms with Crippen molar-refractivity contribution in [1.82, 2.24) is 9.78 Å². The Labute approximate surface area is 81.3 Å². The van der Waals surface area contributed by atoms with Gasteiger partial charge in [-0.1, -0.05) is 6.92 Å². The molecule has 0 atom stereocenters. The summed E-state index contributed by atoms with van der Waals surface area (Å²) in [6.45, 7) is 1.62. The van der Waals surface area contributed by atoms with E-state index in [1.807, 2.05) is 20.0 Å². The van der Waals surface area contributed by atoms with Crippen molar-refractivity contribution in [3.8, 4) is 0 Å². The molecule has 0 radical (unpaired) electrons. The molecule has 0 spiro atoms. The van der Waals surface area contributed by atoms with Gasteiger partial charge in [0.1, 0.15) is 0 Å². The fourth-order valence-corrected chi connectivity index (χ4v) is 1.65. The summed E-state index contributed by atoms with van der Waals surface area (Å²) in [5.41, 5.74) is 1.07. The molecule has 2 heterocycles. The SMILES string of the molecule is CCc1cc(N2CC(F)(F)C2)nn1C. The fourth-order valence-electron chi connectivity index (χ4n) is 1.65. The number of aromatic nitrogens is 2. The molecule has 0 amide bonds. The van der Waals surface area contributed by atoms with Crippen molar-refractivity contribution in [2.75, 3.05) is 18.0 Å². The molecule has 1 fully saturated rings. The van der Waals surface area contributed by atoms with E-state index in [-0.39, 0.29) is 13.1 Å². The van der Waals surface area contributed by atoms with Gasteiger partial charge in [0.05, 0.1) is 13.1 Å². The number of hydrogen-bond donors (Lipinski definition) is 0. The van der Waals surface area contributed by atoms with Gasteiger partial charge in [-0.3, -0.25) is 4.68 Å². The van der Waals surface area contributed by atoms with Gasteiger partial charge < -0.3 is 4.90 Å². The molecule has 1 aliphatic rings. The molecule has 1 aromatic heterocycles. The van der Waals surface area contributed by atoms with E-state index in [1.165, 1.54) is 0 Å². The van der Waals surface area contributed by atoms with Crippen LogP contribution in [0, 0.1) is 0 Å². The number of anilines is 1. The van der Waals surface area contributed by atoms with Crippen molar-refractivity contribution in [2.24, 2.45) is 7.05 Å². The summed E-state index contributed by atoms with van der Waals surface area (Å²) < 4.78 is 26.9. The molecule has 0 aromatic carbocycles. The molecule has 0 aliphatic carbocycles.